The number of oxazole rings is 1. The number of hydrogen-bond acceptors (Lipinski definition) is 3. The van der Waals surface area contributed by atoms with Crippen LogP contribution in [0.25, 0.3) is 11.5 Å². The predicted molar refractivity (Wildman–Crippen MR) is 49.7 cm³/mol. The van der Waals surface area contributed by atoms with Gasteiger partial charge in [0.2, 0.25) is 5.89 Å². The van der Waals surface area contributed by atoms with Crippen molar-refractivity contribution in [1.82, 2.24) is 4.98 Å². The Kier molecular flexibility index (Phi) is 2.47. The van der Waals surface area contributed by atoms with Crippen molar-refractivity contribution in [2.45, 2.75) is 6.54 Å². The molecule has 0 bridgehead atoms. The summed E-state index contributed by atoms with van der Waals surface area (Å²) in [6.07, 6.45) is 1.32. The molecule has 1 heterocycles. The van der Waals surface area contributed by atoms with E-state index in [1.165, 1.54) is 18.4 Å². The summed E-state index contributed by atoms with van der Waals surface area (Å²) >= 11 is 0. The highest BCUT2D eigenvalue weighted by atomic mass is 19.2. The van der Waals surface area contributed by atoms with Gasteiger partial charge in [0.25, 0.3) is 0 Å². The highest BCUT2D eigenvalue weighted by Gasteiger charge is 2.14. The van der Waals surface area contributed by atoms with Crippen LogP contribution in [0.1, 0.15) is 5.69 Å². The van der Waals surface area contributed by atoms with E-state index in [9.17, 15) is 8.78 Å². The van der Waals surface area contributed by atoms with Crippen LogP contribution in [0.3, 0.4) is 0 Å². The summed E-state index contributed by atoms with van der Waals surface area (Å²) in [6, 6.07) is 3.82. The van der Waals surface area contributed by atoms with Gasteiger partial charge in [0.15, 0.2) is 11.6 Å². The van der Waals surface area contributed by atoms with Crippen molar-refractivity contribution >= 4 is 0 Å². The highest BCUT2D eigenvalue weighted by molar-refractivity contribution is 5.54. The minimum atomic E-state index is -0.970. The monoisotopic (exact) mass is 210 g/mol. The Bertz CT molecular complexity index is 482. The van der Waals surface area contributed by atoms with Crippen LogP contribution in [-0.4, -0.2) is 4.98 Å². The molecule has 3 nitrogen and oxygen atoms in total. The zero-order chi connectivity index (χ0) is 10.8. The second-order valence-corrected chi connectivity index (χ2v) is 2.95. The number of nitrogens with zero attached hydrogens (tertiary/aromatic N) is 1. The van der Waals surface area contributed by atoms with Gasteiger partial charge >= 0.3 is 0 Å². The van der Waals surface area contributed by atoms with Crippen LogP contribution in [0.4, 0.5) is 8.78 Å². The molecule has 0 radical (unpaired) electrons. The summed E-state index contributed by atoms with van der Waals surface area (Å²) < 4.78 is 31.2. The van der Waals surface area contributed by atoms with E-state index >= 15 is 0 Å². The Morgan fingerprint density at radius 3 is 2.80 bits per heavy atom. The third-order valence-corrected chi connectivity index (χ3v) is 1.94. The zero-order valence-electron chi connectivity index (χ0n) is 7.71. The average molecular weight is 210 g/mol. The number of nitrogens with two attached hydrogens (primary N) is 1. The van der Waals surface area contributed by atoms with E-state index in [4.69, 9.17) is 10.2 Å². The zero-order valence-corrected chi connectivity index (χ0v) is 7.71. The van der Waals surface area contributed by atoms with Gasteiger partial charge in [-0.15, -0.1) is 0 Å². The van der Waals surface area contributed by atoms with Gasteiger partial charge in [-0.3, -0.25) is 0 Å². The average Bonchev–Trinajstić information content (AvgIpc) is 2.70. The number of hydrogen-bond donors (Lipinski definition) is 1. The molecule has 5 heteroatoms. The molecule has 0 aliphatic heterocycles. The molecule has 0 fully saturated rings. The van der Waals surface area contributed by atoms with Gasteiger partial charge in [-0.2, -0.15) is 0 Å². The van der Waals surface area contributed by atoms with E-state index in [-0.39, 0.29) is 18.0 Å². The van der Waals surface area contributed by atoms with Crippen LogP contribution >= 0.6 is 0 Å². The molecule has 0 unspecified atom stereocenters. The smallest absolute Gasteiger partial charge is 0.229 e. The van der Waals surface area contributed by atoms with E-state index < -0.39 is 11.6 Å². The maximum Gasteiger partial charge on any atom is 0.229 e. The lowest BCUT2D eigenvalue weighted by molar-refractivity contribution is 0.502. The van der Waals surface area contributed by atoms with Crippen LogP contribution in [0.5, 0.6) is 0 Å². The van der Waals surface area contributed by atoms with Crippen molar-refractivity contribution in [2.75, 3.05) is 0 Å². The van der Waals surface area contributed by atoms with Crippen molar-refractivity contribution in [3.8, 4) is 11.5 Å². The van der Waals surface area contributed by atoms with Gasteiger partial charge in [0.05, 0.1) is 11.3 Å². The third kappa shape index (κ3) is 1.73. The normalized spacial score (nSPS) is 10.6. The second kappa shape index (κ2) is 3.78. The summed E-state index contributed by atoms with van der Waals surface area (Å²) in [5.41, 5.74) is 5.81. The maximum atomic E-state index is 13.3. The Labute approximate surface area is 84.5 Å². The van der Waals surface area contributed by atoms with E-state index in [0.717, 1.165) is 6.07 Å². The quantitative estimate of drug-likeness (QED) is 0.825. The predicted octanol–water partition coefficient (Wildman–Crippen LogP) is 2.08. The molecule has 0 atom stereocenters. The topological polar surface area (TPSA) is 52.0 Å². The summed E-state index contributed by atoms with van der Waals surface area (Å²) in [5.74, 6) is -1.87. The van der Waals surface area contributed by atoms with Gasteiger partial charge in [0, 0.05) is 6.54 Å². The fourth-order valence-electron chi connectivity index (χ4n) is 1.19. The standard InChI is InChI=1S/C10H8F2N2O/c11-8-3-1-2-7(9(8)12)10-14-6(4-13)5-15-10/h1-3,5H,4,13H2. The first-order valence-corrected chi connectivity index (χ1v) is 4.31. The molecule has 1 aromatic heterocycles. The summed E-state index contributed by atoms with van der Waals surface area (Å²) in [6.45, 7) is 0.195. The van der Waals surface area contributed by atoms with Crippen molar-refractivity contribution in [1.29, 1.82) is 0 Å². The molecule has 0 aliphatic carbocycles. The van der Waals surface area contributed by atoms with Gasteiger partial charge in [-0.05, 0) is 12.1 Å². The molecule has 0 aliphatic rings. The molecule has 2 rings (SSSR count). The third-order valence-electron chi connectivity index (χ3n) is 1.94. The first-order valence-electron chi connectivity index (χ1n) is 4.31. The molecule has 0 saturated heterocycles. The highest BCUT2D eigenvalue weighted by Crippen LogP contribution is 2.23. The fraction of sp³-hybridized carbons (Fsp3) is 0.100. The molecule has 1 aromatic carbocycles. The molecule has 78 valence electrons. The van der Waals surface area contributed by atoms with Crippen LogP contribution < -0.4 is 5.73 Å². The molecule has 0 amide bonds. The number of benzene rings is 1. The largest absolute Gasteiger partial charge is 0.444 e. The first kappa shape index (κ1) is 9.79. The molecule has 0 spiro atoms. The number of aromatic nitrogens is 1. The Balaban J connectivity index is 2.49. The second-order valence-electron chi connectivity index (χ2n) is 2.95. The first-order chi connectivity index (χ1) is 7.22. The van der Waals surface area contributed by atoms with Gasteiger partial charge in [-0.25, -0.2) is 13.8 Å². The van der Waals surface area contributed by atoms with Gasteiger partial charge < -0.3 is 10.2 Å². The van der Waals surface area contributed by atoms with Crippen molar-refractivity contribution in [2.24, 2.45) is 5.73 Å². The lowest BCUT2D eigenvalue weighted by Gasteiger charge is -1.97. The molecular weight excluding hydrogens is 202 g/mol. The minimum absolute atomic E-state index is 0.00491. The van der Waals surface area contributed by atoms with Crippen molar-refractivity contribution in [3.63, 3.8) is 0 Å². The minimum Gasteiger partial charge on any atom is -0.444 e. The van der Waals surface area contributed by atoms with Crippen molar-refractivity contribution < 1.29 is 13.2 Å². The Morgan fingerprint density at radius 2 is 2.13 bits per heavy atom. The molecule has 2 N–H and O–H groups in total. The van der Waals surface area contributed by atoms with Crippen LogP contribution in [0, 0.1) is 11.6 Å². The fourth-order valence-corrected chi connectivity index (χ4v) is 1.19. The summed E-state index contributed by atoms with van der Waals surface area (Å²) in [7, 11) is 0. The molecule has 2 aromatic rings. The van der Waals surface area contributed by atoms with Gasteiger partial charge in [0.1, 0.15) is 6.26 Å². The SMILES string of the molecule is NCc1coc(-c2cccc(F)c2F)n1. The van der Waals surface area contributed by atoms with Crippen LogP contribution in [-0.2, 0) is 6.54 Å². The number of rotatable bonds is 2. The molecular formula is C10H8F2N2O. The van der Waals surface area contributed by atoms with E-state index in [1.54, 1.807) is 0 Å². The number of halogens is 2. The maximum absolute atomic E-state index is 13.3. The van der Waals surface area contributed by atoms with E-state index in [1.807, 2.05) is 0 Å². The van der Waals surface area contributed by atoms with E-state index in [2.05, 4.69) is 4.98 Å². The molecule has 0 saturated carbocycles. The van der Waals surface area contributed by atoms with Crippen molar-refractivity contribution in [3.05, 3.63) is 41.8 Å². The summed E-state index contributed by atoms with van der Waals surface area (Å²) in [5, 5.41) is 0. The Morgan fingerprint density at radius 1 is 1.33 bits per heavy atom. The lowest BCUT2D eigenvalue weighted by Crippen LogP contribution is -1.96. The van der Waals surface area contributed by atoms with E-state index in [0.29, 0.717) is 5.69 Å². The Hall–Kier alpha value is -1.75. The molecule has 15 heavy (non-hydrogen) atoms. The summed E-state index contributed by atoms with van der Waals surface area (Å²) in [4.78, 5) is 3.90. The lowest BCUT2D eigenvalue weighted by atomic mass is 10.2. The van der Waals surface area contributed by atoms with Crippen LogP contribution in [0.2, 0.25) is 0 Å². The van der Waals surface area contributed by atoms with Gasteiger partial charge in [-0.1, -0.05) is 6.07 Å². The van der Waals surface area contributed by atoms with Crippen LogP contribution in [0.15, 0.2) is 28.9 Å².